The SMILES string of the molecule is CC1=CC=CC=CC1C. The molecule has 1 aliphatic rings. The number of hydrogen-bond acceptors (Lipinski definition) is 0. The maximum atomic E-state index is 2.20. The van der Waals surface area contributed by atoms with E-state index in [2.05, 4.69) is 44.2 Å². The molecule has 0 fully saturated rings. The highest BCUT2D eigenvalue weighted by atomic mass is 14.0. The molecule has 1 unspecified atom stereocenters. The molecule has 0 amide bonds. The van der Waals surface area contributed by atoms with Gasteiger partial charge in [0.05, 0.1) is 0 Å². The minimum atomic E-state index is 0.611. The third-order valence-electron chi connectivity index (χ3n) is 1.70. The van der Waals surface area contributed by atoms with Gasteiger partial charge in [0.2, 0.25) is 0 Å². The van der Waals surface area contributed by atoms with Crippen molar-refractivity contribution in [2.45, 2.75) is 13.8 Å². The second-order valence-corrected chi connectivity index (χ2v) is 2.47. The zero-order valence-electron chi connectivity index (χ0n) is 5.96. The van der Waals surface area contributed by atoms with Gasteiger partial charge in [0, 0.05) is 0 Å². The Morgan fingerprint density at radius 1 is 1.22 bits per heavy atom. The third kappa shape index (κ3) is 1.56. The van der Waals surface area contributed by atoms with Gasteiger partial charge in [-0.25, -0.2) is 0 Å². The van der Waals surface area contributed by atoms with Crippen molar-refractivity contribution in [1.29, 1.82) is 0 Å². The van der Waals surface area contributed by atoms with Crippen LogP contribution < -0.4 is 0 Å². The molecule has 0 saturated heterocycles. The van der Waals surface area contributed by atoms with E-state index in [1.807, 2.05) is 0 Å². The van der Waals surface area contributed by atoms with Crippen molar-refractivity contribution in [3.05, 3.63) is 36.0 Å². The normalized spacial score (nSPS) is 25.6. The van der Waals surface area contributed by atoms with Gasteiger partial charge in [-0.1, -0.05) is 42.9 Å². The summed E-state index contributed by atoms with van der Waals surface area (Å²) in [5.74, 6) is 0.611. The number of hydrogen-bond donors (Lipinski definition) is 0. The van der Waals surface area contributed by atoms with Gasteiger partial charge >= 0.3 is 0 Å². The molecule has 0 aliphatic heterocycles. The summed E-state index contributed by atoms with van der Waals surface area (Å²) in [5.41, 5.74) is 1.43. The summed E-state index contributed by atoms with van der Waals surface area (Å²) in [7, 11) is 0. The Morgan fingerprint density at radius 3 is 2.78 bits per heavy atom. The van der Waals surface area contributed by atoms with Crippen molar-refractivity contribution >= 4 is 0 Å². The molecule has 0 heterocycles. The smallest absolute Gasteiger partial charge is 0.00482 e. The van der Waals surface area contributed by atoms with E-state index in [-0.39, 0.29) is 0 Å². The van der Waals surface area contributed by atoms with Crippen molar-refractivity contribution in [3.63, 3.8) is 0 Å². The summed E-state index contributed by atoms with van der Waals surface area (Å²) in [6.07, 6.45) is 10.6. The molecular weight excluding hydrogens is 108 g/mol. The van der Waals surface area contributed by atoms with Gasteiger partial charge < -0.3 is 0 Å². The summed E-state index contributed by atoms with van der Waals surface area (Å²) in [6, 6.07) is 0. The van der Waals surface area contributed by atoms with Crippen molar-refractivity contribution in [1.82, 2.24) is 0 Å². The fraction of sp³-hybridized carbons (Fsp3) is 0.333. The summed E-state index contributed by atoms with van der Waals surface area (Å²) in [6.45, 7) is 4.36. The predicted molar refractivity (Wildman–Crippen MR) is 41.2 cm³/mol. The van der Waals surface area contributed by atoms with Crippen LogP contribution in [0.5, 0.6) is 0 Å². The first-order valence-corrected chi connectivity index (χ1v) is 3.32. The molecule has 0 bridgehead atoms. The molecule has 0 N–H and O–H groups in total. The second kappa shape index (κ2) is 2.67. The summed E-state index contributed by atoms with van der Waals surface area (Å²) < 4.78 is 0. The van der Waals surface area contributed by atoms with Crippen molar-refractivity contribution in [3.8, 4) is 0 Å². The molecule has 0 radical (unpaired) electrons. The van der Waals surface area contributed by atoms with Crippen LogP contribution in [0.2, 0.25) is 0 Å². The molecule has 1 rings (SSSR count). The highest BCUT2D eigenvalue weighted by Crippen LogP contribution is 2.12. The molecule has 0 aromatic heterocycles. The Balaban J connectivity index is 2.80. The molecule has 0 aromatic carbocycles. The van der Waals surface area contributed by atoms with Crippen LogP contribution in [-0.4, -0.2) is 0 Å². The summed E-state index contributed by atoms with van der Waals surface area (Å²) in [4.78, 5) is 0. The van der Waals surface area contributed by atoms with Crippen LogP contribution in [0.25, 0.3) is 0 Å². The molecule has 0 heteroatoms. The monoisotopic (exact) mass is 120 g/mol. The van der Waals surface area contributed by atoms with E-state index in [1.165, 1.54) is 5.57 Å². The highest BCUT2D eigenvalue weighted by molar-refractivity contribution is 5.24. The number of rotatable bonds is 0. The fourth-order valence-corrected chi connectivity index (χ4v) is 0.806. The van der Waals surface area contributed by atoms with E-state index in [9.17, 15) is 0 Å². The van der Waals surface area contributed by atoms with E-state index in [1.54, 1.807) is 0 Å². The van der Waals surface area contributed by atoms with Crippen LogP contribution in [0, 0.1) is 5.92 Å². The van der Waals surface area contributed by atoms with Crippen LogP contribution >= 0.6 is 0 Å². The van der Waals surface area contributed by atoms with Crippen LogP contribution in [0.15, 0.2) is 36.0 Å². The largest absolute Gasteiger partial charge is 0.0776 e. The topological polar surface area (TPSA) is 0 Å². The van der Waals surface area contributed by atoms with E-state index in [0.29, 0.717) is 5.92 Å². The second-order valence-electron chi connectivity index (χ2n) is 2.47. The minimum Gasteiger partial charge on any atom is -0.0776 e. The third-order valence-corrected chi connectivity index (χ3v) is 1.70. The lowest BCUT2D eigenvalue weighted by molar-refractivity contribution is 0.865. The van der Waals surface area contributed by atoms with Gasteiger partial charge in [0.25, 0.3) is 0 Å². The molecule has 0 nitrogen and oxygen atoms in total. The molecule has 9 heavy (non-hydrogen) atoms. The van der Waals surface area contributed by atoms with Crippen molar-refractivity contribution in [2.24, 2.45) is 5.92 Å². The average Bonchev–Trinajstić information content (AvgIpc) is 1.99. The molecule has 1 atom stereocenters. The quantitative estimate of drug-likeness (QED) is 0.461. The first-order valence-electron chi connectivity index (χ1n) is 3.32. The van der Waals surface area contributed by atoms with Crippen molar-refractivity contribution in [2.75, 3.05) is 0 Å². The highest BCUT2D eigenvalue weighted by Gasteiger charge is 1.97. The zero-order chi connectivity index (χ0) is 6.69. The first kappa shape index (κ1) is 6.34. The average molecular weight is 120 g/mol. The lowest BCUT2D eigenvalue weighted by atomic mass is 10.0. The Labute approximate surface area is 56.6 Å². The van der Waals surface area contributed by atoms with Crippen molar-refractivity contribution < 1.29 is 0 Å². The van der Waals surface area contributed by atoms with Crippen LogP contribution in [0.1, 0.15) is 13.8 Å². The molecule has 0 aromatic rings. The molecule has 1 aliphatic carbocycles. The van der Waals surface area contributed by atoms with E-state index < -0.39 is 0 Å². The lowest BCUT2D eigenvalue weighted by Crippen LogP contribution is -1.88. The Morgan fingerprint density at radius 2 is 2.00 bits per heavy atom. The van der Waals surface area contributed by atoms with Gasteiger partial charge in [-0.05, 0) is 12.8 Å². The van der Waals surface area contributed by atoms with E-state index in [4.69, 9.17) is 0 Å². The van der Waals surface area contributed by atoms with Gasteiger partial charge in [0.15, 0.2) is 0 Å². The Bertz CT molecular complexity index is 170. The predicted octanol–water partition coefficient (Wildman–Crippen LogP) is 2.69. The van der Waals surface area contributed by atoms with E-state index in [0.717, 1.165) is 0 Å². The molecule has 0 saturated carbocycles. The molecular formula is C9H12. The fourth-order valence-electron chi connectivity index (χ4n) is 0.806. The van der Waals surface area contributed by atoms with Gasteiger partial charge in [-0.2, -0.15) is 0 Å². The standard InChI is InChI=1S/C9H12/c1-8-6-4-3-5-7-9(8)2/h3-8H,1-2H3. The van der Waals surface area contributed by atoms with Gasteiger partial charge in [-0.15, -0.1) is 0 Å². The van der Waals surface area contributed by atoms with Crippen LogP contribution in [0.3, 0.4) is 0 Å². The Kier molecular flexibility index (Phi) is 1.88. The molecule has 0 spiro atoms. The zero-order valence-corrected chi connectivity index (χ0v) is 5.96. The van der Waals surface area contributed by atoms with Crippen LogP contribution in [0.4, 0.5) is 0 Å². The minimum absolute atomic E-state index is 0.611. The number of allylic oxidation sites excluding steroid dienone is 6. The van der Waals surface area contributed by atoms with Crippen LogP contribution in [-0.2, 0) is 0 Å². The first-order chi connectivity index (χ1) is 4.30. The lowest BCUT2D eigenvalue weighted by Gasteiger charge is -2.02. The maximum Gasteiger partial charge on any atom is -0.00482 e. The van der Waals surface area contributed by atoms with E-state index >= 15 is 0 Å². The summed E-state index contributed by atoms with van der Waals surface area (Å²) >= 11 is 0. The molecule has 48 valence electrons. The summed E-state index contributed by atoms with van der Waals surface area (Å²) in [5, 5.41) is 0. The maximum absolute atomic E-state index is 2.20. The Hall–Kier alpha value is -0.780. The van der Waals surface area contributed by atoms with Gasteiger partial charge in [0.1, 0.15) is 0 Å². The van der Waals surface area contributed by atoms with Gasteiger partial charge in [-0.3, -0.25) is 0 Å².